The minimum atomic E-state index is -0.493. The first-order valence-corrected chi connectivity index (χ1v) is 8.20. The van der Waals surface area contributed by atoms with Gasteiger partial charge in [0, 0.05) is 17.6 Å². The smallest absolute Gasteiger partial charge is 0.249 e. The number of nitrogens with zero attached hydrogens (tertiary/aromatic N) is 3. The molecule has 2 heterocycles. The predicted octanol–water partition coefficient (Wildman–Crippen LogP) is 3.16. The van der Waals surface area contributed by atoms with Crippen molar-refractivity contribution in [3.8, 4) is 0 Å². The number of hydrogen-bond acceptors (Lipinski definition) is 4. The molecule has 0 radical (unpaired) electrons. The third kappa shape index (κ3) is 2.69. The minimum absolute atomic E-state index is 0.0342. The number of amides is 1. The fourth-order valence-corrected chi connectivity index (χ4v) is 3.23. The predicted molar refractivity (Wildman–Crippen MR) is 95.1 cm³/mol. The SMILES string of the molecule is CC(Nc1ncnc2c(F)cccc12)C(=O)N1CCc2ccccc21. The summed E-state index contributed by atoms with van der Waals surface area (Å²) in [6.45, 7) is 2.46. The van der Waals surface area contributed by atoms with Crippen molar-refractivity contribution >= 4 is 28.3 Å². The van der Waals surface area contributed by atoms with E-state index in [-0.39, 0.29) is 11.4 Å². The average molecular weight is 336 g/mol. The lowest BCUT2D eigenvalue weighted by Gasteiger charge is -2.23. The molecule has 1 aliphatic heterocycles. The number of carbonyl (C=O) groups is 1. The average Bonchev–Trinajstić information content (AvgIpc) is 3.06. The number of rotatable bonds is 3. The van der Waals surface area contributed by atoms with Crippen LogP contribution < -0.4 is 10.2 Å². The molecular weight excluding hydrogens is 319 g/mol. The fraction of sp³-hybridized carbons (Fsp3) is 0.211. The van der Waals surface area contributed by atoms with Gasteiger partial charge < -0.3 is 10.2 Å². The van der Waals surface area contributed by atoms with Crippen LogP contribution in [-0.2, 0) is 11.2 Å². The van der Waals surface area contributed by atoms with Gasteiger partial charge in [-0.1, -0.05) is 24.3 Å². The number of anilines is 2. The van der Waals surface area contributed by atoms with Crippen molar-refractivity contribution in [3.63, 3.8) is 0 Å². The molecule has 0 fully saturated rings. The molecule has 0 saturated heterocycles. The molecule has 3 aromatic rings. The molecule has 5 nitrogen and oxygen atoms in total. The Morgan fingerprint density at radius 1 is 1.20 bits per heavy atom. The number of halogens is 1. The van der Waals surface area contributed by atoms with E-state index in [2.05, 4.69) is 15.3 Å². The van der Waals surface area contributed by atoms with Gasteiger partial charge >= 0.3 is 0 Å². The van der Waals surface area contributed by atoms with Crippen LogP contribution in [0.5, 0.6) is 0 Å². The van der Waals surface area contributed by atoms with Gasteiger partial charge in [0.15, 0.2) is 0 Å². The van der Waals surface area contributed by atoms with Crippen molar-refractivity contribution in [2.24, 2.45) is 0 Å². The van der Waals surface area contributed by atoms with E-state index in [0.717, 1.165) is 12.1 Å². The number of nitrogens with one attached hydrogen (secondary N) is 1. The molecule has 1 atom stereocenters. The molecule has 0 bridgehead atoms. The van der Waals surface area contributed by atoms with Crippen LogP contribution >= 0.6 is 0 Å². The van der Waals surface area contributed by atoms with E-state index in [4.69, 9.17) is 0 Å². The summed E-state index contributed by atoms with van der Waals surface area (Å²) in [6.07, 6.45) is 2.16. The Hall–Kier alpha value is -3.02. The first-order chi connectivity index (χ1) is 12.1. The lowest BCUT2D eigenvalue weighted by molar-refractivity contribution is -0.118. The van der Waals surface area contributed by atoms with Gasteiger partial charge in [0.2, 0.25) is 5.91 Å². The number of hydrogen-bond donors (Lipinski definition) is 1. The maximum Gasteiger partial charge on any atom is 0.249 e. The van der Waals surface area contributed by atoms with E-state index in [9.17, 15) is 9.18 Å². The third-order valence-corrected chi connectivity index (χ3v) is 4.49. The van der Waals surface area contributed by atoms with Crippen molar-refractivity contribution < 1.29 is 9.18 Å². The van der Waals surface area contributed by atoms with Crippen LogP contribution in [0.25, 0.3) is 10.9 Å². The van der Waals surface area contributed by atoms with Crippen LogP contribution in [0.2, 0.25) is 0 Å². The number of aromatic nitrogens is 2. The van der Waals surface area contributed by atoms with Crippen LogP contribution in [0.3, 0.4) is 0 Å². The van der Waals surface area contributed by atoms with Crippen molar-refractivity contribution in [1.29, 1.82) is 0 Å². The van der Waals surface area contributed by atoms with E-state index in [1.165, 1.54) is 18.0 Å². The maximum atomic E-state index is 13.9. The quantitative estimate of drug-likeness (QED) is 0.798. The summed E-state index contributed by atoms with van der Waals surface area (Å²) in [7, 11) is 0. The second-order valence-corrected chi connectivity index (χ2v) is 6.09. The molecule has 1 aromatic heterocycles. The molecule has 1 amide bonds. The topological polar surface area (TPSA) is 58.1 Å². The van der Waals surface area contributed by atoms with Crippen molar-refractivity contribution in [2.45, 2.75) is 19.4 Å². The molecule has 126 valence electrons. The molecule has 1 unspecified atom stereocenters. The minimum Gasteiger partial charge on any atom is -0.358 e. The van der Waals surface area contributed by atoms with Gasteiger partial charge in [-0.05, 0) is 37.1 Å². The Morgan fingerprint density at radius 2 is 2.04 bits per heavy atom. The summed E-state index contributed by atoms with van der Waals surface area (Å²) in [5.41, 5.74) is 2.38. The van der Waals surface area contributed by atoms with Gasteiger partial charge in [-0.25, -0.2) is 14.4 Å². The molecule has 0 spiro atoms. The highest BCUT2D eigenvalue weighted by Gasteiger charge is 2.28. The third-order valence-electron chi connectivity index (χ3n) is 4.49. The molecule has 2 aromatic carbocycles. The summed E-state index contributed by atoms with van der Waals surface area (Å²) >= 11 is 0. The highest BCUT2D eigenvalue weighted by Crippen LogP contribution is 2.28. The number of benzene rings is 2. The van der Waals surface area contributed by atoms with Crippen LogP contribution in [0.15, 0.2) is 48.8 Å². The van der Waals surface area contributed by atoms with E-state index in [0.29, 0.717) is 17.7 Å². The van der Waals surface area contributed by atoms with Gasteiger partial charge in [0.1, 0.15) is 29.5 Å². The largest absolute Gasteiger partial charge is 0.358 e. The Bertz CT molecular complexity index is 959. The van der Waals surface area contributed by atoms with Gasteiger partial charge in [0.05, 0.1) is 0 Å². The molecule has 4 rings (SSSR count). The van der Waals surface area contributed by atoms with Gasteiger partial charge in [-0.15, -0.1) is 0 Å². The van der Waals surface area contributed by atoms with Crippen molar-refractivity contribution in [3.05, 3.63) is 60.2 Å². The molecule has 25 heavy (non-hydrogen) atoms. The van der Waals surface area contributed by atoms with Crippen LogP contribution in [-0.4, -0.2) is 28.5 Å². The molecule has 6 heteroatoms. The van der Waals surface area contributed by atoms with Crippen LogP contribution in [0.1, 0.15) is 12.5 Å². The standard InChI is InChI=1S/C19H17FN4O/c1-12(19(25)24-10-9-13-5-2-3-8-16(13)24)23-18-14-6-4-7-15(20)17(14)21-11-22-18/h2-8,11-12H,9-10H2,1H3,(H,21,22,23). The summed E-state index contributed by atoms with van der Waals surface area (Å²) in [4.78, 5) is 22.8. The first-order valence-electron chi connectivity index (χ1n) is 8.20. The monoisotopic (exact) mass is 336 g/mol. The fourth-order valence-electron chi connectivity index (χ4n) is 3.23. The zero-order chi connectivity index (χ0) is 17.4. The summed E-state index contributed by atoms with van der Waals surface area (Å²) < 4.78 is 13.9. The molecule has 0 aliphatic carbocycles. The zero-order valence-electron chi connectivity index (χ0n) is 13.7. The maximum absolute atomic E-state index is 13.9. The Balaban J connectivity index is 1.60. The normalized spacial score (nSPS) is 14.4. The number of fused-ring (bicyclic) bond motifs is 2. The molecule has 1 N–H and O–H groups in total. The summed E-state index contributed by atoms with van der Waals surface area (Å²) in [5, 5.41) is 3.67. The lowest BCUT2D eigenvalue weighted by Crippen LogP contribution is -2.40. The van der Waals surface area contributed by atoms with Crippen LogP contribution in [0.4, 0.5) is 15.9 Å². The van der Waals surface area contributed by atoms with Gasteiger partial charge in [-0.3, -0.25) is 4.79 Å². The highest BCUT2D eigenvalue weighted by molar-refractivity contribution is 6.01. The Kier molecular flexibility index (Phi) is 3.80. The second-order valence-electron chi connectivity index (χ2n) is 6.09. The molecular formula is C19H17FN4O. The van der Waals surface area contributed by atoms with Crippen molar-refractivity contribution in [1.82, 2.24) is 9.97 Å². The van der Waals surface area contributed by atoms with E-state index in [1.807, 2.05) is 24.3 Å². The summed E-state index contributed by atoms with van der Waals surface area (Å²) in [5.74, 6) is 0.0151. The van der Waals surface area contributed by atoms with Gasteiger partial charge in [-0.2, -0.15) is 0 Å². The number of carbonyl (C=O) groups excluding carboxylic acids is 1. The van der Waals surface area contributed by atoms with E-state index >= 15 is 0 Å². The molecule has 1 aliphatic rings. The van der Waals surface area contributed by atoms with Crippen LogP contribution in [0, 0.1) is 5.82 Å². The van der Waals surface area contributed by atoms with E-state index in [1.54, 1.807) is 24.0 Å². The first kappa shape index (κ1) is 15.5. The number of para-hydroxylation sites is 2. The van der Waals surface area contributed by atoms with Crippen molar-refractivity contribution in [2.75, 3.05) is 16.8 Å². The van der Waals surface area contributed by atoms with E-state index < -0.39 is 11.9 Å². The zero-order valence-corrected chi connectivity index (χ0v) is 13.7. The Labute approximate surface area is 144 Å². The molecule has 0 saturated carbocycles. The lowest BCUT2D eigenvalue weighted by atomic mass is 10.2. The summed E-state index contributed by atoms with van der Waals surface area (Å²) in [6, 6.07) is 12.1. The highest BCUT2D eigenvalue weighted by atomic mass is 19.1. The Morgan fingerprint density at radius 3 is 2.92 bits per heavy atom. The second kappa shape index (κ2) is 6.12. The van der Waals surface area contributed by atoms with Gasteiger partial charge in [0.25, 0.3) is 0 Å².